The van der Waals surface area contributed by atoms with Gasteiger partial charge in [-0.25, -0.2) is 0 Å². The number of nitrogens with two attached hydrogens (primary N) is 1. The van der Waals surface area contributed by atoms with E-state index in [2.05, 4.69) is 29.7 Å². The third-order valence-electron chi connectivity index (χ3n) is 4.39. The summed E-state index contributed by atoms with van der Waals surface area (Å²) < 4.78 is 0. The summed E-state index contributed by atoms with van der Waals surface area (Å²) in [6.45, 7) is 9.72. The van der Waals surface area contributed by atoms with Crippen LogP contribution in [0.15, 0.2) is 24.3 Å². The Morgan fingerprint density at radius 3 is 2.55 bits per heavy atom. The lowest BCUT2D eigenvalue weighted by Gasteiger charge is -2.38. The van der Waals surface area contributed by atoms with E-state index in [0.29, 0.717) is 5.92 Å². The molecule has 0 aliphatic carbocycles. The lowest BCUT2D eigenvalue weighted by molar-refractivity contribution is 0.220. The molecule has 112 valence electrons. The van der Waals surface area contributed by atoms with Crippen LogP contribution in [0.2, 0.25) is 5.02 Å². The van der Waals surface area contributed by atoms with Gasteiger partial charge in [-0.05, 0) is 24.1 Å². The minimum Gasteiger partial charge on any atom is -0.369 e. The van der Waals surface area contributed by atoms with E-state index in [1.54, 1.807) is 0 Å². The number of nitrogens with zero attached hydrogens (tertiary/aromatic N) is 2. The Morgan fingerprint density at radius 2 is 1.95 bits per heavy atom. The fourth-order valence-electron chi connectivity index (χ4n) is 2.64. The van der Waals surface area contributed by atoms with Crippen LogP contribution in [0.5, 0.6) is 0 Å². The first kappa shape index (κ1) is 15.6. The molecule has 0 amide bonds. The van der Waals surface area contributed by atoms with Gasteiger partial charge < -0.3 is 10.6 Å². The maximum Gasteiger partial charge on any atom is 0.0426 e. The summed E-state index contributed by atoms with van der Waals surface area (Å²) in [7, 11) is 0. The molecule has 1 aromatic rings. The molecule has 0 bridgehead atoms. The molecule has 1 saturated heterocycles. The van der Waals surface area contributed by atoms with Crippen LogP contribution in [-0.2, 0) is 0 Å². The molecule has 2 N–H and O–H groups in total. The van der Waals surface area contributed by atoms with E-state index in [-0.39, 0.29) is 6.04 Å². The molecule has 1 fully saturated rings. The maximum atomic E-state index is 6.25. The SMILES string of the molecule is CCC(C)[C@H](N)CN1CCN(c2cccc(Cl)c2)CC1. The Hall–Kier alpha value is -0.770. The van der Waals surface area contributed by atoms with Crippen LogP contribution in [0.3, 0.4) is 0 Å². The van der Waals surface area contributed by atoms with Gasteiger partial charge in [-0.3, -0.25) is 4.90 Å². The zero-order chi connectivity index (χ0) is 14.5. The van der Waals surface area contributed by atoms with Gasteiger partial charge in [-0.2, -0.15) is 0 Å². The van der Waals surface area contributed by atoms with Crippen LogP contribution >= 0.6 is 11.6 Å². The van der Waals surface area contributed by atoms with Crippen molar-refractivity contribution in [3.8, 4) is 0 Å². The van der Waals surface area contributed by atoms with Crippen molar-refractivity contribution in [3.05, 3.63) is 29.3 Å². The predicted molar refractivity (Wildman–Crippen MR) is 87.5 cm³/mol. The molecule has 4 heteroatoms. The molecule has 20 heavy (non-hydrogen) atoms. The molecule has 0 radical (unpaired) electrons. The zero-order valence-electron chi connectivity index (χ0n) is 12.6. The van der Waals surface area contributed by atoms with Crippen molar-refractivity contribution < 1.29 is 0 Å². The third kappa shape index (κ3) is 4.11. The molecule has 1 aromatic carbocycles. The van der Waals surface area contributed by atoms with Crippen LogP contribution in [0.1, 0.15) is 20.3 Å². The van der Waals surface area contributed by atoms with Crippen LogP contribution < -0.4 is 10.6 Å². The smallest absolute Gasteiger partial charge is 0.0426 e. The van der Waals surface area contributed by atoms with E-state index < -0.39 is 0 Å². The van der Waals surface area contributed by atoms with Crippen molar-refractivity contribution in [2.45, 2.75) is 26.3 Å². The van der Waals surface area contributed by atoms with Gasteiger partial charge >= 0.3 is 0 Å². The van der Waals surface area contributed by atoms with Gasteiger partial charge in [0.1, 0.15) is 0 Å². The molecular weight excluding hydrogens is 270 g/mol. The second kappa shape index (κ2) is 7.30. The van der Waals surface area contributed by atoms with Gasteiger partial charge in [0, 0.05) is 49.5 Å². The van der Waals surface area contributed by atoms with Crippen molar-refractivity contribution in [1.82, 2.24) is 4.90 Å². The predicted octanol–water partition coefficient (Wildman–Crippen LogP) is 2.84. The number of rotatable bonds is 5. The van der Waals surface area contributed by atoms with Crippen LogP contribution in [0.4, 0.5) is 5.69 Å². The molecule has 2 atom stereocenters. The monoisotopic (exact) mass is 295 g/mol. The molecule has 3 nitrogen and oxygen atoms in total. The number of anilines is 1. The average molecular weight is 296 g/mol. The highest BCUT2D eigenvalue weighted by Crippen LogP contribution is 2.21. The van der Waals surface area contributed by atoms with Crippen LogP contribution in [0.25, 0.3) is 0 Å². The molecule has 2 rings (SSSR count). The van der Waals surface area contributed by atoms with Gasteiger partial charge in [0.15, 0.2) is 0 Å². The molecule has 1 unspecified atom stereocenters. The van der Waals surface area contributed by atoms with E-state index >= 15 is 0 Å². The van der Waals surface area contributed by atoms with Crippen molar-refractivity contribution in [1.29, 1.82) is 0 Å². The first-order valence-corrected chi connectivity index (χ1v) is 7.96. The van der Waals surface area contributed by atoms with Gasteiger partial charge in [0.05, 0.1) is 0 Å². The summed E-state index contributed by atoms with van der Waals surface area (Å²) in [5, 5.41) is 0.809. The molecule has 1 heterocycles. The highest BCUT2D eigenvalue weighted by atomic mass is 35.5. The quantitative estimate of drug-likeness (QED) is 0.907. The standard InChI is InChI=1S/C16H26ClN3/c1-3-13(2)16(18)12-19-7-9-20(10-8-19)15-6-4-5-14(17)11-15/h4-6,11,13,16H,3,7-10,12,18H2,1-2H3/t13?,16-/m1/s1. The molecule has 1 aliphatic rings. The third-order valence-corrected chi connectivity index (χ3v) is 4.62. The van der Waals surface area contributed by atoms with E-state index in [0.717, 1.165) is 44.2 Å². The van der Waals surface area contributed by atoms with Crippen LogP contribution in [0, 0.1) is 5.92 Å². The van der Waals surface area contributed by atoms with E-state index in [1.165, 1.54) is 5.69 Å². The Bertz CT molecular complexity index is 416. The Balaban J connectivity index is 1.83. The van der Waals surface area contributed by atoms with E-state index in [4.69, 9.17) is 17.3 Å². The summed E-state index contributed by atoms with van der Waals surface area (Å²) in [6, 6.07) is 8.40. The molecule has 0 spiro atoms. The summed E-state index contributed by atoms with van der Waals surface area (Å²) in [4.78, 5) is 4.88. The fourth-order valence-corrected chi connectivity index (χ4v) is 2.83. The summed E-state index contributed by atoms with van der Waals surface area (Å²) >= 11 is 6.06. The lowest BCUT2D eigenvalue weighted by atomic mass is 9.99. The second-order valence-electron chi connectivity index (χ2n) is 5.82. The Morgan fingerprint density at radius 1 is 1.25 bits per heavy atom. The highest BCUT2D eigenvalue weighted by molar-refractivity contribution is 6.30. The number of hydrogen-bond acceptors (Lipinski definition) is 3. The molecule has 0 saturated carbocycles. The van der Waals surface area contributed by atoms with Crippen molar-refractivity contribution in [2.24, 2.45) is 11.7 Å². The summed E-state index contributed by atoms with van der Waals surface area (Å²) in [5.41, 5.74) is 7.48. The number of hydrogen-bond donors (Lipinski definition) is 1. The summed E-state index contributed by atoms with van der Waals surface area (Å²) in [6.07, 6.45) is 1.16. The summed E-state index contributed by atoms with van der Waals surface area (Å²) in [5.74, 6) is 0.598. The number of benzene rings is 1. The average Bonchev–Trinajstić information content (AvgIpc) is 2.47. The molecule has 0 aromatic heterocycles. The normalized spacial score (nSPS) is 19.9. The second-order valence-corrected chi connectivity index (χ2v) is 6.25. The van der Waals surface area contributed by atoms with Crippen molar-refractivity contribution >= 4 is 17.3 Å². The highest BCUT2D eigenvalue weighted by Gasteiger charge is 2.20. The van der Waals surface area contributed by atoms with Gasteiger partial charge in [-0.1, -0.05) is 37.9 Å². The minimum atomic E-state index is 0.290. The molecule has 1 aliphatic heterocycles. The molecular formula is C16H26ClN3. The first-order chi connectivity index (χ1) is 9.60. The van der Waals surface area contributed by atoms with Gasteiger partial charge in [0.2, 0.25) is 0 Å². The van der Waals surface area contributed by atoms with E-state index in [9.17, 15) is 0 Å². The topological polar surface area (TPSA) is 32.5 Å². The first-order valence-electron chi connectivity index (χ1n) is 7.58. The number of halogens is 1. The fraction of sp³-hybridized carbons (Fsp3) is 0.625. The zero-order valence-corrected chi connectivity index (χ0v) is 13.3. The van der Waals surface area contributed by atoms with E-state index in [1.807, 2.05) is 18.2 Å². The minimum absolute atomic E-state index is 0.290. The van der Waals surface area contributed by atoms with Gasteiger partial charge in [0.25, 0.3) is 0 Å². The number of piperazine rings is 1. The Kier molecular flexibility index (Phi) is 5.70. The lowest BCUT2D eigenvalue weighted by Crippen LogP contribution is -2.51. The maximum absolute atomic E-state index is 6.25. The Labute approximate surface area is 127 Å². The largest absolute Gasteiger partial charge is 0.369 e. The van der Waals surface area contributed by atoms with Crippen molar-refractivity contribution in [2.75, 3.05) is 37.6 Å². The van der Waals surface area contributed by atoms with Crippen LogP contribution in [-0.4, -0.2) is 43.7 Å². The van der Waals surface area contributed by atoms with Gasteiger partial charge in [-0.15, -0.1) is 0 Å². The van der Waals surface area contributed by atoms with Crippen molar-refractivity contribution in [3.63, 3.8) is 0 Å².